The molecule has 0 saturated heterocycles. The molecule has 1 aliphatic heterocycles. The molecule has 15 heavy (non-hydrogen) atoms. The molecule has 0 aliphatic carbocycles. The zero-order chi connectivity index (χ0) is 10.7. The third kappa shape index (κ3) is 2.18. The largest absolute Gasteiger partial charge is 0.494 e. The summed E-state index contributed by atoms with van der Waals surface area (Å²) < 4.78 is 18.0. The first-order valence-electron chi connectivity index (χ1n) is 4.68. The molecular formula is C10H12FN3O. The zero-order valence-corrected chi connectivity index (χ0v) is 8.38. The maximum Gasteiger partial charge on any atom is 0.195 e. The van der Waals surface area contributed by atoms with E-state index in [1.165, 1.54) is 13.2 Å². The molecule has 0 radical (unpaired) electrons. The van der Waals surface area contributed by atoms with Gasteiger partial charge < -0.3 is 15.4 Å². The maximum absolute atomic E-state index is 13.1. The SMILES string of the molecule is COc1cc(NC2=NCCN2)ccc1F. The predicted molar refractivity (Wildman–Crippen MR) is 56.9 cm³/mol. The van der Waals surface area contributed by atoms with Crippen molar-refractivity contribution < 1.29 is 9.13 Å². The number of anilines is 1. The molecular weight excluding hydrogens is 197 g/mol. The Hall–Kier alpha value is -1.78. The standard InChI is InChI=1S/C10H12FN3O/c1-15-9-6-7(2-3-8(9)11)14-10-12-4-5-13-10/h2-3,6H,4-5H2,1H3,(H2,12,13,14). The van der Waals surface area contributed by atoms with Crippen LogP contribution >= 0.6 is 0 Å². The van der Waals surface area contributed by atoms with Crippen LogP contribution in [0.25, 0.3) is 0 Å². The molecule has 1 heterocycles. The second kappa shape index (κ2) is 4.16. The minimum atomic E-state index is -0.371. The topological polar surface area (TPSA) is 45.6 Å². The third-order valence-electron chi connectivity index (χ3n) is 2.09. The molecule has 1 aromatic carbocycles. The van der Waals surface area contributed by atoms with E-state index in [4.69, 9.17) is 4.74 Å². The Kier molecular flexibility index (Phi) is 2.71. The van der Waals surface area contributed by atoms with E-state index in [2.05, 4.69) is 15.6 Å². The molecule has 0 aromatic heterocycles. The van der Waals surface area contributed by atoms with E-state index >= 15 is 0 Å². The van der Waals surface area contributed by atoms with Gasteiger partial charge in [-0.25, -0.2) is 4.39 Å². The van der Waals surface area contributed by atoms with Crippen molar-refractivity contribution in [2.75, 3.05) is 25.5 Å². The Morgan fingerprint density at radius 1 is 1.53 bits per heavy atom. The molecule has 0 unspecified atom stereocenters. The van der Waals surface area contributed by atoms with Gasteiger partial charge in [0, 0.05) is 18.3 Å². The minimum Gasteiger partial charge on any atom is -0.494 e. The molecule has 2 N–H and O–H groups in total. The number of halogens is 1. The maximum atomic E-state index is 13.1. The van der Waals surface area contributed by atoms with Gasteiger partial charge in [-0.1, -0.05) is 0 Å². The van der Waals surface area contributed by atoms with Crippen molar-refractivity contribution in [2.45, 2.75) is 0 Å². The normalized spacial score (nSPS) is 14.4. The molecule has 0 fully saturated rings. The van der Waals surface area contributed by atoms with Gasteiger partial charge in [-0.05, 0) is 12.1 Å². The number of hydrogen-bond donors (Lipinski definition) is 2. The van der Waals surface area contributed by atoms with Crippen LogP contribution in [-0.4, -0.2) is 26.2 Å². The molecule has 1 aromatic rings. The second-order valence-corrected chi connectivity index (χ2v) is 3.13. The van der Waals surface area contributed by atoms with Crippen LogP contribution in [0.2, 0.25) is 0 Å². The van der Waals surface area contributed by atoms with Crippen LogP contribution in [0.1, 0.15) is 0 Å². The highest BCUT2D eigenvalue weighted by atomic mass is 19.1. The van der Waals surface area contributed by atoms with Gasteiger partial charge in [0.25, 0.3) is 0 Å². The molecule has 80 valence electrons. The predicted octanol–water partition coefficient (Wildman–Crippen LogP) is 1.21. The highest BCUT2D eigenvalue weighted by molar-refractivity contribution is 5.94. The fourth-order valence-electron chi connectivity index (χ4n) is 1.36. The first-order chi connectivity index (χ1) is 7.29. The summed E-state index contributed by atoms with van der Waals surface area (Å²) in [5.74, 6) is 0.562. The monoisotopic (exact) mass is 209 g/mol. The fourth-order valence-corrected chi connectivity index (χ4v) is 1.36. The second-order valence-electron chi connectivity index (χ2n) is 3.13. The number of rotatable bonds is 2. The van der Waals surface area contributed by atoms with Gasteiger partial charge in [-0.3, -0.25) is 4.99 Å². The Labute approximate surface area is 87.2 Å². The van der Waals surface area contributed by atoms with Gasteiger partial charge >= 0.3 is 0 Å². The van der Waals surface area contributed by atoms with Gasteiger partial charge in [0.05, 0.1) is 13.7 Å². The Balaban J connectivity index is 2.14. The van der Waals surface area contributed by atoms with Crippen LogP contribution < -0.4 is 15.4 Å². The summed E-state index contributed by atoms with van der Waals surface area (Å²) in [5, 5.41) is 6.10. The first kappa shape index (κ1) is 9.76. The van der Waals surface area contributed by atoms with E-state index in [1.807, 2.05) is 0 Å². The van der Waals surface area contributed by atoms with Crippen LogP contribution in [0.5, 0.6) is 5.75 Å². The van der Waals surface area contributed by atoms with Gasteiger partial charge in [-0.2, -0.15) is 0 Å². The van der Waals surface area contributed by atoms with Gasteiger partial charge in [-0.15, -0.1) is 0 Å². The molecule has 5 heteroatoms. The Morgan fingerprint density at radius 3 is 3.07 bits per heavy atom. The quantitative estimate of drug-likeness (QED) is 0.769. The van der Waals surface area contributed by atoms with Crippen molar-refractivity contribution in [3.05, 3.63) is 24.0 Å². The molecule has 0 amide bonds. The number of ether oxygens (including phenoxy) is 1. The van der Waals surface area contributed by atoms with Gasteiger partial charge in [0.2, 0.25) is 0 Å². The number of guanidine groups is 1. The number of aliphatic imine (C=N–C) groups is 1. The molecule has 0 spiro atoms. The van der Waals surface area contributed by atoms with Crippen molar-refractivity contribution in [1.29, 1.82) is 0 Å². The average molecular weight is 209 g/mol. The lowest BCUT2D eigenvalue weighted by Gasteiger charge is -2.08. The van der Waals surface area contributed by atoms with Crippen molar-refractivity contribution in [1.82, 2.24) is 5.32 Å². The highest BCUT2D eigenvalue weighted by Gasteiger charge is 2.07. The summed E-state index contributed by atoms with van der Waals surface area (Å²) in [4.78, 5) is 4.17. The Morgan fingerprint density at radius 2 is 2.40 bits per heavy atom. The van der Waals surface area contributed by atoms with E-state index < -0.39 is 0 Å². The number of nitrogens with zero attached hydrogens (tertiary/aromatic N) is 1. The third-order valence-corrected chi connectivity index (χ3v) is 2.09. The molecule has 0 bridgehead atoms. The van der Waals surface area contributed by atoms with E-state index in [0.29, 0.717) is 5.96 Å². The minimum absolute atomic E-state index is 0.221. The summed E-state index contributed by atoms with van der Waals surface area (Å²) in [6.45, 7) is 1.60. The number of nitrogens with one attached hydrogen (secondary N) is 2. The van der Waals surface area contributed by atoms with Crippen LogP contribution in [0.4, 0.5) is 10.1 Å². The lowest BCUT2D eigenvalue weighted by molar-refractivity contribution is 0.387. The zero-order valence-electron chi connectivity index (χ0n) is 8.38. The smallest absolute Gasteiger partial charge is 0.195 e. The van der Waals surface area contributed by atoms with Crippen molar-refractivity contribution in [3.63, 3.8) is 0 Å². The molecule has 1 aliphatic rings. The first-order valence-corrected chi connectivity index (χ1v) is 4.68. The summed E-state index contributed by atoms with van der Waals surface area (Å²) in [5.41, 5.74) is 0.751. The number of methoxy groups -OCH3 is 1. The van der Waals surface area contributed by atoms with Crippen molar-refractivity contribution in [3.8, 4) is 5.75 Å². The molecule has 0 saturated carbocycles. The molecule has 2 rings (SSSR count). The van der Waals surface area contributed by atoms with E-state index in [-0.39, 0.29) is 11.6 Å². The van der Waals surface area contributed by atoms with E-state index in [1.54, 1.807) is 12.1 Å². The lowest BCUT2D eigenvalue weighted by atomic mass is 10.3. The van der Waals surface area contributed by atoms with E-state index in [9.17, 15) is 4.39 Å². The average Bonchev–Trinajstić information content (AvgIpc) is 2.73. The number of benzene rings is 1. The lowest BCUT2D eigenvalue weighted by Crippen LogP contribution is -2.26. The fraction of sp³-hybridized carbons (Fsp3) is 0.300. The summed E-state index contributed by atoms with van der Waals surface area (Å²) in [6, 6.07) is 4.59. The van der Waals surface area contributed by atoms with Crippen LogP contribution in [0.15, 0.2) is 23.2 Å². The number of hydrogen-bond acceptors (Lipinski definition) is 4. The van der Waals surface area contributed by atoms with E-state index in [0.717, 1.165) is 18.8 Å². The van der Waals surface area contributed by atoms with Crippen molar-refractivity contribution >= 4 is 11.6 Å². The Bertz CT molecular complexity index is 392. The van der Waals surface area contributed by atoms with Crippen LogP contribution in [-0.2, 0) is 0 Å². The highest BCUT2D eigenvalue weighted by Crippen LogP contribution is 2.21. The van der Waals surface area contributed by atoms with Gasteiger partial charge in [0.15, 0.2) is 17.5 Å². The molecule has 4 nitrogen and oxygen atoms in total. The summed E-state index contributed by atoms with van der Waals surface area (Å²) >= 11 is 0. The van der Waals surface area contributed by atoms with Crippen molar-refractivity contribution in [2.24, 2.45) is 4.99 Å². The van der Waals surface area contributed by atoms with Crippen LogP contribution in [0.3, 0.4) is 0 Å². The summed E-state index contributed by atoms with van der Waals surface area (Å²) in [7, 11) is 1.44. The van der Waals surface area contributed by atoms with Crippen LogP contribution in [0, 0.1) is 5.82 Å². The van der Waals surface area contributed by atoms with Gasteiger partial charge in [0.1, 0.15) is 0 Å². The molecule has 0 atom stereocenters. The summed E-state index contributed by atoms with van der Waals surface area (Å²) in [6.07, 6.45) is 0.